The van der Waals surface area contributed by atoms with Crippen molar-refractivity contribution in [1.29, 1.82) is 0 Å². The number of amides is 1. The lowest BCUT2D eigenvalue weighted by Crippen LogP contribution is -2.45. The summed E-state index contributed by atoms with van der Waals surface area (Å²) in [6, 6.07) is 6.12. The fourth-order valence-electron chi connectivity index (χ4n) is 1.89. The van der Waals surface area contributed by atoms with Crippen LogP contribution in [0.1, 0.15) is 24.2 Å². The topological polar surface area (TPSA) is 93.7 Å². The molecule has 7 nitrogen and oxygen atoms in total. The summed E-state index contributed by atoms with van der Waals surface area (Å²) in [5, 5.41) is 5.52. The molecule has 1 aliphatic rings. The first-order valence-electron chi connectivity index (χ1n) is 6.69. The van der Waals surface area contributed by atoms with Crippen LogP contribution in [0, 0.1) is 0 Å². The lowest BCUT2D eigenvalue weighted by Gasteiger charge is -2.30. The van der Waals surface area contributed by atoms with Gasteiger partial charge < -0.3 is 20.1 Å². The Morgan fingerprint density at radius 2 is 1.61 bits per heavy atom. The highest BCUT2D eigenvalue weighted by molar-refractivity contribution is 6.30. The van der Waals surface area contributed by atoms with Gasteiger partial charge in [-0.1, -0.05) is 11.6 Å². The average molecular weight is 339 g/mol. The second-order valence-corrected chi connectivity index (χ2v) is 5.58. The number of nitrogens with one attached hydrogen (secondary N) is 2. The quantitative estimate of drug-likeness (QED) is 0.490. The minimum absolute atomic E-state index is 0.101. The molecule has 1 fully saturated rings. The molecule has 122 valence electrons. The van der Waals surface area contributed by atoms with E-state index in [0.717, 1.165) is 0 Å². The van der Waals surface area contributed by atoms with Crippen LogP contribution in [0.25, 0.3) is 0 Å². The molecular formula is C15H15ClN2O5. The fourth-order valence-corrected chi connectivity index (χ4v) is 2.02. The van der Waals surface area contributed by atoms with Gasteiger partial charge in [0.2, 0.25) is 0 Å². The summed E-state index contributed by atoms with van der Waals surface area (Å²) >= 11 is 5.76. The first kappa shape index (κ1) is 16.8. The van der Waals surface area contributed by atoms with Crippen molar-refractivity contribution in [2.24, 2.45) is 0 Å². The number of rotatable bonds is 3. The monoisotopic (exact) mass is 338 g/mol. The number of hydrogen-bond acceptors (Lipinski definition) is 6. The van der Waals surface area contributed by atoms with Crippen LogP contribution in [0.2, 0.25) is 5.02 Å². The van der Waals surface area contributed by atoms with Crippen LogP contribution in [0.5, 0.6) is 0 Å². The van der Waals surface area contributed by atoms with Gasteiger partial charge >= 0.3 is 11.9 Å². The Morgan fingerprint density at radius 1 is 1.09 bits per heavy atom. The number of carbonyl (C=O) groups excluding carboxylic acids is 3. The molecule has 1 heterocycles. The predicted octanol–water partition coefficient (Wildman–Crippen LogP) is 1.34. The highest BCUT2D eigenvalue weighted by Crippen LogP contribution is 2.23. The Bertz CT molecular complexity index is 672. The van der Waals surface area contributed by atoms with E-state index < -0.39 is 29.2 Å². The van der Waals surface area contributed by atoms with Crippen molar-refractivity contribution < 1.29 is 23.9 Å². The number of hydrogen-bond donors (Lipinski definition) is 2. The van der Waals surface area contributed by atoms with Crippen molar-refractivity contribution in [1.82, 2.24) is 10.6 Å². The molecule has 0 radical (unpaired) electrons. The zero-order valence-corrected chi connectivity index (χ0v) is 13.5. The number of benzene rings is 1. The van der Waals surface area contributed by atoms with E-state index in [1.165, 1.54) is 33.0 Å². The van der Waals surface area contributed by atoms with Crippen LogP contribution in [-0.4, -0.2) is 30.7 Å². The summed E-state index contributed by atoms with van der Waals surface area (Å²) in [7, 11) is 1.45. The molecule has 0 spiro atoms. The van der Waals surface area contributed by atoms with Crippen molar-refractivity contribution in [2.45, 2.75) is 19.6 Å². The third-order valence-electron chi connectivity index (χ3n) is 2.93. The Kier molecular flexibility index (Phi) is 4.60. The average Bonchev–Trinajstić information content (AvgIpc) is 2.44. The third-order valence-corrected chi connectivity index (χ3v) is 3.18. The van der Waals surface area contributed by atoms with Crippen LogP contribution >= 0.6 is 11.6 Å². The molecule has 0 aliphatic carbocycles. The molecule has 1 amide bonds. The van der Waals surface area contributed by atoms with Gasteiger partial charge in [0.1, 0.15) is 5.82 Å². The Balaban J connectivity index is 2.28. The second kappa shape index (κ2) is 6.29. The van der Waals surface area contributed by atoms with Crippen LogP contribution in [0.15, 0.2) is 35.7 Å². The highest BCUT2D eigenvalue weighted by Gasteiger charge is 2.41. The smallest absolute Gasteiger partial charge is 0.352 e. The second-order valence-electron chi connectivity index (χ2n) is 5.14. The number of ether oxygens (including phenoxy) is 2. The maximum atomic E-state index is 12.2. The van der Waals surface area contributed by atoms with Crippen molar-refractivity contribution in [3.63, 3.8) is 0 Å². The molecule has 1 aromatic carbocycles. The zero-order chi connectivity index (χ0) is 17.2. The van der Waals surface area contributed by atoms with E-state index in [1.807, 2.05) is 0 Å². The van der Waals surface area contributed by atoms with Crippen LogP contribution in [0.3, 0.4) is 0 Å². The Hall–Kier alpha value is -2.54. The van der Waals surface area contributed by atoms with E-state index in [9.17, 15) is 14.4 Å². The fraction of sp³-hybridized carbons (Fsp3) is 0.267. The first-order valence-corrected chi connectivity index (χ1v) is 7.07. The SMILES string of the molecule is CNC(NC(=O)c1ccc(Cl)cc1)=C1C(=O)OC(C)(C)OC1=O. The molecule has 1 saturated heterocycles. The van der Waals surface area contributed by atoms with Crippen LogP contribution in [0.4, 0.5) is 0 Å². The first-order chi connectivity index (χ1) is 10.7. The van der Waals surface area contributed by atoms with E-state index in [4.69, 9.17) is 21.1 Å². The van der Waals surface area contributed by atoms with Gasteiger partial charge in [0.05, 0.1) is 0 Å². The minimum Gasteiger partial charge on any atom is -0.419 e. The van der Waals surface area contributed by atoms with E-state index >= 15 is 0 Å². The minimum atomic E-state index is -1.35. The third kappa shape index (κ3) is 3.81. The molecule has 2 N–H and O–H groups in total. The van der Waals surface area contributed by atoms with E-state index in [0.29, 0.717) is 10.6 Å². The van der Waals surface area contributed by atoms with Gasteiger partial charge in [0.15, 0.2) is 5.57 Å². The van der Waals surface area contributed by atoms with Gasteiger partial charge in [0.25, 0.3) is 11.7 Å². The lowest BCUT2D eigenvalue weighted by atomic mass is 10.2. The zero-order valence-electron chi connectivity index (χ0n) is 12.7. The highest BCUT2D eigenvalue weighted by atomic mass is 35.5. The molecule has 0 unspecified atom stereocenters. The molecule has 2 rings (SSSR count). The summed E-state index contributed by atoms with van der Waals surface area (Å²) in [5.74, 6) is -3.74. The van der Waals surface area contributed by atoms with Gasteiger partial charge in [-0.15, -0.1) is 0 Å². The molecule has 0 aromatic heterocycles. The summed E-state index contributed by atoms with van der Waals surface area (Å²) < 4.78 is 9.99. The summed E-state index contributed by atoms with van der Waals surface area (Å²) in [5.41, 5.74) is -0.102. The standard InChI is InChI=1S/C15H15ClN2O5/c1-15(2)22-13(20)10(14(21)23-15)11(17-3)18-12(19)8-4-6-9(16)7-5-8/h4-7,17H,1-3H3,(H,18,19). The number of halogens is 1. The molecule has 0 bridgehead atoms. The Morgan fingerprint density at radius 3 is 2.09 bits per heavy atom. The van der Waals surface area contributed by atoms with E-state index in [-0.39, 0.29) is 5.82 Å². The largest absolute Gasteiger partial charge is 0.419 e. The van der Waals surface area contributed by atoms with Gasteiger partial charge in [-0.3, -0.25) is 4.79 Å². The summed E-state index contributed by atoms with van der Waals surface area (Å²) in [6.45, 7) is 2.87. The molecule has 1 aliphatic heterocycles. The van der Waals surface area contributed by atoms with Crippen LogP contribution in [-0.2, 0) is 19.1 Å². The van der Waals surface area contributed by atoms with Gasteiger partial charge in [-0.2, -0.15) is 0 Å². The van der Waals surface area contributed by atoms with Crippen molar-refractivity contribution in [3.05, 3.63) is 46.2 Å². The van der Waals surface area contributed by atoms with E-state index in [1.54, 1.807) is 12.1 Å². The van der Waals surface area contributed by atoms with Gasteiger partial charge in [-0.25, -0.2) is 9.59 Å². The van der Waals surface area contributed by atoms with Crippen LogP contribution < -0.4 is 10.6 Å². The maximum Gasteiger partial charge on any atom is 0.352 e. The van der Waals surface area contributed by atoms with Gasteiger partial charge in [0, 0.05) is 31.5 Å². The van der Waals surface area contributed by atoms with Crippen molar-refractivity contribution in [2.75, 3.05) is 7.05 Å². The summed E-state index contributed by atoms with van der Waals surface area (Å²) in [4.78, 5) is 36.2. The molecule has 23 heavy (non-hydrogen) atoms. The number of carbonyl (C=O) groups is 3. The number of esters is 2. The summed E-state index contributed by atoms with van der Waals surface area (Å²) in [6.07, 6.45) is 0. The number of cyclic esters (lactones) is 2. The predicted molar refractivity (Wildman–Crippen MR) is 81.3 cm³/mol. The molecule has 8 heteroatoms. The van der Waals surface area contributed by atoms with E-state index in [2.05, 4.69) is 10.6 Å². The molecule has 0 saturated carbocycles. The maximum absolute atomic E-state index is 12.2. The molecule has 0 atom stereocenters. The van der Waals surface area contributed by atoms with Gasteiger partial charge in [-0.05, 0) is 24.3 Å². The van der Waals surface area contributed by atoms with Crippen molar-refractivity contribution in [3.8, 4) is 0 Å². The molecule has 1 aromatic rings. The molecular weight excluding hydrogens is 324 g/mol. The lowest BCUT2D eigenvalue weighted by molar-refractivity contribution is -0.222. The van der Waals surface area contributed by atoms with Crippen molar-refractivity contribution >= 4 is 29.4 Å². The normalized spacial score (nSPS) is 16.3. The Labute approximate surface area is 137 Å².